The van der Waals surface area contributed by atoms with E-state index < -0.39 is 16.8 Å². The maximum Gasteiger partial charge on any atom is 0.328 e. The number of hydrogen-bond donors (Lipinski definition) is 3. The molecule has 0 radical (unpaired) electrons. The van der Waals surface area contributed by atoms with E-state index in [0.29, 0.717) is 19.4 Å². The van der Waals surface area contributed by atoms with Crippen molar-refractivity contribution in [2.45, 2.75) is 38.8 Å². The fraction of sp³-hybridized carbons (Fsp3) is 0.583. The zero-order valence-electron chi connectivity index (χ0n) is 11.2. The van der Waals surface area contributed by atoms with Gasteiger partial charge in [-0.3, -0.25) is 19.1 Å². The topological polar surface area (TPSA) is 110 Å². The van der Waals surface area contributed by atoms with Crippen LogP contribution in [0, 0.1) is 0 Å². The number of carbonyl (C=O) groups excluding carboxylic acids is 1. The Morgan fingerprint density at radius 2 is 2.05 bits per heavy atom. The summed E-state index contributed by atoms with van der Waals surface area (Å²) in [5, 5.41) is 2.85. The molecule has 4 N–H and O–H groups in total. The average molecular weight is 268 g/mol. The number of aromatic amines is 1. The van der Waals surface area contributed by atoms with E-state index in [0.717, 1.165) is 4.57 Å². The molecule has 0 aliphatic carbocycles. The minimum atomic E-state index is -0.603. The summed E-state index contributed by atoms with van der Waals surface area (Å²) in [6.45, 7) is 4.09. The normalized spacial score (nSPS) is 11.3. The van der Waals surface area contributed by atoms with E-state index in [1.54, 1.807) is 0 Å². The van der Waals surface area contributed by atoms with E-state index in [1.807, 2.05) is 13.8 Å². The number of rotatable bonds is 6. The van der Waals surface area contributed by atoms with Crippen molar-refractivity contribution in [1.29, 1.82) is 0 Å². The Morgan fingerprint density at radius 3 is 2.53 bits per heavy atom. The minimum Gasteiger partial charge on any atom is -0.348 e. The third-order valence-electron chi connectivity index (χ3n) is 3.36. The standard InChI is InChI=1S/C12H20N4O3/c1-3-12(4-2,8-13)15-10(18)7-16-6-5-9(17)14-11(16)19/h5-6H,3-4,7-8,13H2,1-2H3,(H,15,18)(H,14,17,19). The largest absolute Gasteiger partial charge is 0.348 e. The smallest absolute Gasteiger partial charge is 0.328 e. The monoisotopic (exact) mass is 268 g/mol. The molecule has 1 aromatic rings. The summed E-state index contributed by atoms with van der Waals surface area (Å²) in [5.74, 6) is -0.303. The number of nitrogens with one attached hydrogen (secondary N) is 2. The van der Waals surface area contributed by atoms with Gasteiger partial charge in [-0.05, 0) is 12.8 Å². The zero-order chi connectivity index (χ0) is 14.5. The van der Waals surface area contributed by atoms with Crippen molar-refractivity contribution in [1.82, 2.24) is 14.9 Å². The molecule has 0 fully saturated rings. The summed E-state index contributed by atoms with van der Waals surface area (Å²) < 4.78 is 1.14. The Bertz CT molecular complexity index is 534. The van der Waals surface area contributed by atoms with Gasteiger partial charge in [0.25, 0.3) is 5.56 Å². The van der Waals surface area contributed by atoms with Crippen LogP contribution in [0.25, 0.3) is 0 Å². The van der Waals surface area contributed by atoms with Gasteiger partial charge in [0, 0.05) is 18.8 Å². The molecule has 7 nitrogen and oxygen atoms in total. The van der Waals surface area contributed by atoms with Crippen molar-refractivity contribution < 1.29 is 4.79 Å². The molecule has 0 aliphatic rings. The second-order valence-corrected chi connectivity index (χ2v) is 4.48. The van der Waals surface area contributed by atoms with Gasteiger partial charge in [-0.25, -0.2) is 4.79 Å². The van der Waals surface area contributed by atoms with E-state index in [1.165, 1.54) is 12.3 Å². The fourth-order valence-electron chi connectivity index (χ4n) is 1.83. The molecule has 0 atom stereocenters. The van der Waals surface area contributed by atoms with Crippen molar-refractivity contribution in [3.05, 3.63) is 33.1 Å². The second kappa shape index (κ2) is 6.33. The molecule has 0 bridgehead atoms. The van der Waals surface area contributed by atoms with Crippen LogP contribution in [0.2, 0.25) is 0 Å². The van der Waals surface area contributed by atoms with Gasteiger partial charge in [0.1, 0.15) is 6.54 Å². The van der Waals surface area contributed by atoms with Crippen molar-refractivity contribution in [3.8, 4) is 0 Å². The highest BCUT2D eigenvalue weighted by Gasteiger charge is 2.26. The van der Waals surface area contributed by atoms with Gasteiger partial charge in [0.15, 0.2) is 0 Å². The molecule has 0 saturated carbocycles. The van der Waals surface area contributed by atoms with E-state index in [2.05, 4.69) is 10.3 Å². The molecule has 1 amide bonds. The number of H-pyrrole nitrogens is 1. The van der Waals surface area contributed by atoms with Crippen LogP contribution in [0.1, 0.15) is 26.7 Å². The second-order valence-electron chi connectivity index (χ2n) is 4.48. The van der Waals surface area contributed by atoms with Gasteiger partial charge in [-0.15, -0.1) is 0 Å². The Labute approximate surface area is 110 Å². The van der Waals surface area contributed by atoms with Crippen molar-refractivity contribution >= 4 is 5.91 Å². The molecular formula is C12H20N4O3. The average Bonchev–Trinajstić information content (AvgIpc) is 2.39. The first-order valence-corrected chi connectivity index (χ1v) is 6.27. The Balaban J connectivity index is 2.80. The van der Waals surface area contributed by atoms with Crippen molar-refractivity contribution in [2.75, 3.05) is 6.54 Å². The van der Waals surface area contributed by atoms with E-state index in [-0.39, 0.29) is 12.5 Å². The van der Waals surface area contributed by atoms with Gasteiger partial charge in [-0.2, -0.15) is 0 Å². The van der Waals surface area contributed by atoms with Crippen LogP contribution < -0.4 is 22.3 Å². The van der Waals surface area contributed by atoms with E-state index in [4.69, 9.17) is 5.73 Å². The maximum atomic E-state index is 11.9. The molecule has 1 rings (SSSR count). The van der Waals surface area contributed by atoms with Crippen LogP contribution in [-0.2, 0) is 11.3 Å². The van der Waals surface area contributed by atoms with Gasteiger partial charge in [0.2, 0.25) is 5.91 Å². The number of carbonyl (C=O) groups is 1. The van der Waals surface area contributed by atoms with E-state index >= 15 is 0 Å². The molecule has 0 unspecified atom stereocenters. The lowest BCUT2D eigenvalue weighted by Gasteiger charge is -2.31. The summed E-state index contributed by atoms with van der Waals surface area (Å²) >= 11 is 0. The zero-order valence-corrected chi connectivity index (χ0v) is 11.2. The quantitative estimate of drug-likeness (QED) is 0.625. The first-order chi connectivity index (χ1) is 8.96. The molecule has 1 aromatic heterocycles. The molecule has 1 heterocycles. The van der Waals surface area contributed by atoms with Gasteiger partial charge < -0.3 is 11.1 Å². The Kier molecular flexibility index (Phi) is 5.05. The molecule has 0 aliphatic heterocycles. The maximum absolute atomic E-state index is 11.9. The molecule has 7 heteroatoms. The summed E-state index contributed by atoms with van der Waals surface area (Å²) in [7, 11) is 0. The lowest BCUT2D eigenvalue weighted by Crippen LogP contribution is -2.54. The lowest BCUT2D eigenvalue weighted by atomic mass is 9.93. The summed E-state index contributed by atoms with van der Waals surface area (Å²) in [6, 6.07) is 1.20. The van der Waals surface area contributed by atoms with Crippen LogP contribution in [0.4, 0.5) is 0 Å². The van der Waals surface area contributed by atoms with Gasteiger partial charge >= 0.3 is 5.69 Å². The molecule has 19 heavy (non-hydrogen) atoms. The lowest BCUT2D eigenvalue weighted by molar-refractivity contribution is -0.123. The van der Waals surface area contributed by atoms with E-state index in [9.17, 15) is 14.4 Å². The number of hydrogen-bond acceptors (Lipinski definition) is 4. The fourth-order valence-corrected chi connectivity index (χ4v) is 1.83. The third-order valence-corrected chi connectivity index (χ3v) is 3.36. The highest BCUT2D eigenvalue weighted by molar-refractivity contribution is 5.76. The SMILES string of the molecule is CCC(CC)(CN)NC(=O)Cn1ccc(=O)[nH]c1=O. The predicted octanol–water partition coefficient (Wildman–Crippen LogP) is -0.830. The van der Waals surface area contributed by atoms with Crippen molar-refractivity contribution in [2.24, 2.45) is 5.73 Å². The number of aromatic nitrogens is 2. The van der Waals surface area contributed by atoms with Crippen LogP contribution in [0.5, 0.6) is 0 Å². The Hall–Kier alpha value is -1.89. The number of amides is 1. The molecule has 0 spiro atoms. The molecule has 0 aromatic carbocycles. The van der Waals surface area contributed by atoms with Crippen LogP contribution in [-0.4, -0.2) is 27.5 Å². The highest BCUT2D eigenvalue weighted by atomic mass is 16.2. The number of nitrogens with two attached hydrogens (primary N) is 1. The van der Waals surface area contributed by atoms with Crippen LogP contribution in [0.3, 0.4) is 0 Å². The third kappa shape index (κ3) is 3.78. The molecule has 0 saturated heterocycles. The van der Waals surface area contributed by atoms with Gasteiger partial charge in [0.05, 0.1) is 5.54 Å². The molecule has 106 valence electrons. The van der Waals surface area contributed by atoms with Gasteiger partial charge in [-0.1, -0.05) is 13.8 Å². The highest BCUT2D eigenvalue weighted by Crippen LogP contribution is 2.12. The number of nitrogens with zero attached hydrogens (tertiary/aromatic N) is 1. The first-order valence-electron chi connectivity index (χ1n) is 6.27. The Morgan fingerprint density at radius 1 is 1.42 bits per heavy atom. The predicted molar refractivity (Wildman–Crippen MR) is 71.8 cm³/mol. The van der Waals surface area contributed by atoms with Crippen LogP contribution in [0.15, 0.2) is 21.9 Å². The first kappa shape index (κ1) is 15.2. The summed E-state index contributed by atoms with van der Waals surface area (Å²) in [6.07, 6.45) is 2.72. The molecular weight excluding hydrogens is 248 g/mol. The van der Waals surface area contributed by atoms with Crippen LogP contribution >= 0.6 is 0 Å². The summed E-state index contributed by atoms with van der Waals surface area (Å²) in [4.78, 5) is 36.4. The minimum absolute atomic E-state index is 0.142. The van der Waals surface area contributed by atoms with Crippen molar-refractivity contribution in [3.63, 3.8) is 0 Å². The summed E-state index contributed by atoms with van der Waals surface area (Å²) in [5.41, 5.74) is 4.16.